The number of imidazole rings is 1. The van der Waals surface area contributed by atoms with Crippen molar-refractivity contribution in [2.45, 2.75) is 25.0 Å². The molecule has 0 radical (unpaired) electrons. The molecule has 0 unspecified atom stereocenters. The van der Waals surface area contributed by atoms with Crippen LogP contribution < -0.4 is 5.73 Å². The lowest BCUT2D eigenvalue weighted by Gasteiger charge is -2.05. The quantitative estimate of drug-likeness (QED) is 0.337. The number of benzene rings is 2. The first-order chi connectivity index (χ1) is 14.6. The number of amides is 1. The number of thioether (sulfide) groups is 1. The number of nitrogens with zero attached hydrogens (tertiary/aromatic N) is 6. The molecule has 2 aromatic carbocycles. The molecule has 5 rings (SSSR count). The summed E-state index contributed by atoms with van der Waals surface area (Å²) in [6.45, 7) is 2.73. The zero-order valence-electron chi connectivity index (χ0n) is 16.3. The van der Waals surface area contributed by atoms with E-state index in [-0.39, 0.29) is 5.75 Å². The first-order valence-electron chi connectivity index (χ1n) is 9.57. The lowest BCUT2D eigenvalue weighted by atomic mass is 10.2. The zero-order valence-corrected chi connectivity index (χ0v) is 17.1. The molecule has 0 aliphatic rings. The minimum atomic E-state index is -0.397. The van der Waals surface area contributed by atoms with Gasteiger partial charge in [-0.25, -0.2) is 15.0 Å². The minimum absolute atomic E-state index is 0.135. The van der Waals surface area contributed by atoms with Crippen LogP contribution in [0, 0.1) is 6.92 Å². The second kappa shape index (κ2) is 7.42. The zero-order chi connectivity index (χ0) is 20.7. The van der Waals surface area contributed by atoms with Crippen molar-refractivity contribution < 1.29 is 4.79 Å². The number of hydrogen-bond acceptors (Lipinski definition) is 6. The molecule has 0 saturated heterocycles. The SMILES string of the molecule is Cc1nc2ccccc2n1CCc1nc2c3ccccc3nc(SCC(N)=O)n2n1. The van der Waals surface area contributed by atoms with Gasteiger partial charge in [-0.3, -0.25) is 4.79 Å². The van der Waals surface area contributed by atoms with E-state index in [0.717, 1.165) is 40.0 Å². The molecule has 1 amide bonds. The van der Waals surface area contributed by atoms with Crippen LogP contribution in [0.5, 0.6) is 0 Å². The molecular weight excluding hydrogens is 398 g/mol. The normalized spacial score (nSPS) is 11.6. The number of carbonyl (C=O) groups is 1. The third kappa shape index (κ3) is 3.26. The Hall–Kier alpha value is -3.46. The first kappa shape index (κ1) is 18.6. The highest BCUT2D eigenvalue weighted by atomic mass is 32.2. The van der Waals surface area contributed by atoms with E-state index in [0.29, 0.717) is 17.4 Å². The van der Waals surface area contributed by atoms with Crippen molar-refractivity contribution in [2.75, 3.05) is 5.75 Å². The van der Waals surface area contributed by atoms with Crippen LogP contribution in [0.1, 0.15) is 11.6 Å². The van der Waals surface area contributed by atoms with Crippen LogP contribution in [0.4, 0.5) is 0 Å². The highest BCUT2D eigenvalue weighted by molar-refractivity contribution is 7.99. The molecule has 3 aromatic heterocycles. The molecule has 0 fully saturated rings. The van der Waals surface area contributed by atoms with Crippen molar-refractivity contribution >= 4 is 45.3 Å². The van der Waals surface area contributed by atoms with Crippen molar-refractivity contribution in [3.8, 4) is 0 Å². The largest absolute Gasteiger partial charge is 0.369 e. The Labute approximate surface area is 176 Å². The summed E-state index contributed by atoms with van der Waals surface area (Å²) in [7, 11) is 0. The second-order valence-corrected chi connectivity index (χ2v) is 7.92. The molecular formula is C21H19N7OS. The van der Waals surface area contributed by atoms with E-state index >= 15 is 0 Å². The van der Waals surface area contributed by atoms with Gasteiger partial charge in [-0.1, -0.05) is 36.0 Å². The molecule has 150 valence electrons. The van der Waals surface area contributed by atoms with Gasteiger partial charge in [0.2, 0.25) is 5.91 Å². The summed E-state index contributed by atoms with van der Waals surface area (Å²) in [5.41, 5.74) is 8.95. The van der Waals surface area contributed by atoms with Crippen LogP contribution in [0.3, 0.4) is 0 Å². The number of aromatic nitrogens is 6. The van der Waals surface area contributed by atoms with Gasteiger partial charge in [-0.15, -0.1) is 5.10 Å². The Bertz CT molecular complexity index is 1410. The van der Waals surface area contributed by atoms with E-state index in [1.54, 1.807) is 4.52 Å². The maximum absolute atomic E-state index is 11.3. The van der Waals surface area contributed by atoms with E-state index in [1.165, 1.54) is 11.8 Å². The van der Waals surface area contributed by atoms with Crippen molar-refractivity contribution in [2.24, 2.45) is 5.73 Å². The fourth-order valence-electron chi connectivity index (χ4n) is 3.60. The molecule has 30 heavy (non-hydrogen) atoms. The summed E-state index contributed by atoms with van der Waals surface area (Å²) in [5.74, 6) is 1.41. The fourth-order valence-corrected chi connectivity index (χ4v) is 4.28. The average molecular weight is 417 g/mol. The predicted octanol–water partition coefficient (Wildman–Crippen LogP) is 2.76. The molecule has 0 atom stereocenters. The standard InChI is InChI=1S/C21H19N7OS/c1-13-23-16-8-4-5-9-17(16)27(13)11-10-19-25-20-14-6-2-3-7-15(14)24-21(28(20)26-19)30-12-18(22)29/h2-9H,10-12H2,1H3,(H2,22,29). The summed E-state index contributed by atoms with van der Waals surface area (Å²) >= 11 is 1.27. The third-order valence-electron chi connectivity index (χ3n) is 4.94. The molecule has 3 heterocycles. The fraction of sp³-hybridized carbons (Fsp3) is 0.190. The van der Waals surface area contributed by atoms with Crippen LogP contribution in [-0.4, -0.2) is 40.8 Å². The van der Waals surface area contributed by atoms with Gasteiger partial charge in [0.25, 0.3) is 0 Å². The Morgan fingerprint density at radius 1 is 1.03 bits per heavy atom. The first-order valence-corrected chi connectivity index (χ1v) is 10.6. The smallest absolute Gasteiger partial charge is 0.227 e. The van der Waals surface area contributed by atoms with E-state index < -0.39 is 5.91 Å². The average Bonchev–Trinajstić information content (AvgIpc) is 3.31. The van der Waals surface area contributed by atoms with Crippen molar-refractivity contribution in [1.29, 1.82) is 0 Å². The topological polar surface area (TPSA) is 104 Å². The number of primary amides is 1. The van der Waals surface area contributed by atoms with Crippen LogP contribution in [0.15, 0.2) is 53.7 Å². The lowest BCUT2D eigenvalue weighted by molar-refractivity contribution is -0.115. The number of carbonyl (C=O) groups excluding carboxylic acids is 1. The van der Waals surface area contributed by atoms with Gasteiger partial charge in [-0.2, -0.15) is 4.52 Å². The number of nitrogens with two attached hydrogens (primary N) is 1. The van der Waals surface area contributed by atoms with Gasteiger partial charge in [0.1, 0.15) is 5.82 Å². The second-order valence-electron chi connectivity index (χ2n) is 6.98. The van der Waals surface area contributed by atoms with Crippen molar-refractivity contribution in [1.82, 2.24) is 29.1 Å². The van der Waals surface area contributed by atoms with Crippen molar-refractivity contribution in [3.05, 3.63) is 60.2 Å². The Morgan fingerprint density at radius 2 is 1.80 bits per heavy atom. The number of hydrogen-bond donors (Lipinski definition) is 1. The minimum Gasteiger partial charge on any atom is -0.369 e. The van der Waals surface area contributed by atoms with Gasteiger partial charge in [-0.05, 0) is 31.2 Å². The molecule has 9 heteroatoms. The van der Waals surface area contributed by atoms with E-state index in [4.69, 9.17) is 10.7 Å². The van der Waals surface area contributed by atoms with Crippen LogP contribution >= 0.6 is 11.8 Å². The van der Waals surface area contributed by atoms with Crippen molar-refractivity contribution in [3.63, 3.8) is 0 Å². The van der Waals surface area contributed by atoms with Crippen LogP contribution in [0.25, 0.3) is 27.6 Å². The van der Waals surface area contributed by atoms with Gasteiger partial charge in [0.05, 0.1) is 22.3 Å². The van der Waals surface area contributed by atoms with E-state index in [2.05, 4.69) is 25.7 Å². The summed E-state index contributed by atoms with van der Waals surface area (Å²) in [4.78, 5) is 25.3. The summed E-state index contributed by atoms with van der Waals surface area (Å²) in [6, 6.07) is 15.9. The lowest BCUT2D eigenvalue weighted by Crippen LogP contribution is -2.14. The van der Waals surface area contributed by atoms with Crippen LogP contribution in [-0.2, 0) is 17.8 Å². The number of para-hydroxylation sites is 3. The Kier molecular flexibility index (Phi) is 4.59. The van der Waals surface area contributed by atoms with Gasteiger partial charge in [0, 0.05) is 18.4 Å². The van der Waals surface area contributed by atoms with Crippen LogP contribution in [0.2, 0.25) is 0 Å². The third-order valence-corrected chi connectivity index (χ3v) is 5.89. The number of rotatable bonds is 6. The molecule has 0 aliphatic heterocycles. The van der Waals surface area contributed by atoms with E-state index in [1.807, 2.05) is 49.4 Å². The Balaban J connectivity index is 1.53. The molecule has 0 saturated carbocycles. The highest BCUT2D eigenvalue weighted by Gasteiger charge is 2.15. The predicted molar refractivity (Wildman–Crippen MR) is 116 cm³/mol. The molecule has 0 spiro atoms. The molecule has 2 N–H and O–H groups in total. The monoisotopic (exact) mass is 417 g/mol. The summed E-state index contributed by atoms with van der Waals surface area (Å²) < 4.78 is 3.89. The van der Waals surface area contributed by atoms with Gasteiger partial charge in [0.15, 0.2) is 16.6 Å². The molecule has 0 bridgehead atoms. The summed E-state index contributed by atoms with van der Waals surface area (Å²) in [6.07, 6.45) is 0.650. The Morgan fingerprint density at radius 3 is 2.63 bits per heavy atom. The molecule has 5 aromatic rings. The number of fused-ring (bicyclic) bond motifs is 4. The maximum atomic E-state index is 11.3. The molecule has 0 aliphatic carbocycles. The summed E-state index contributed by atoms with van der Waals surface area (Å²) in [5, 5.41) is 6.21. The van der Waals surface area contributed by atoms with Gasteiger partial charge < -0.3 is 10.3 Å². The van der Waals surface area contributed by atoms with E-state index in [9.17, 15) is 4.79 Å². The number of aryl methyl sites for hydroxylation is 3. The highest BCUT2D eigenvalue weighted by Crippen LogP contribution is 2.24. The van der Waals surface area contributed by atoms with Gasteiger partial charge >= 0.3 is 0 Å². The maximum Gasteiger partial charge on any atom is 0.227 e. The molecule has 8 nitrogen and oxygen atoms in total.